The molecule has 1 heterocycles. The molecule has 1 fully saturated rings. The van der Waals surface area contributed by atoms with Gasteiger partial charge in [-0.1, -0.05) is 0 Å². The second-order valence-corrected chi connectivity index (χ2v) is 4.06. The van der Waals surface area contributed by atoms with E-state index in [9.17, 15) is 4.79 Å². The van der Waals surface area contributed by atoms with Gasteiger partial charge in [-0.3, -0.25) is 4.79 Å². The van der Waals surface area contributed by atoms with Gasteiger partial charge in [0.1, 0.15) is 0 Å². The largest absolute Gasteiger partial charge is 0.380 e. The molecular weight excluding hydrogens is 194 g/mol. The lowest BCUT2D eigenvalue weighted by Crippen LogP contribution is -2.59. The number of ether oxygens (including phenoxy) is 1. The van der Waals surface area contributed by atoms with E-state index < -0.39 is 0 Å². The lowest BCUT2D eigenvalue weighted by Gasteiger charge is -2.28. The van der Waals surface area contributed by atoms with Crippen LogP contribution in [0.5, 0.6) is 0 Å². The molecule has 0 bridgehead atoms. The number of carbonyl (C=O) groups excluding carboxylic acids is 1. The Hall–Kier alpha value is -0.650. The first-order valence-corrected chi connectivity index (χ1v) is 5.40. The Morgan fingerprint density at radius 1 is 1.53 bits per heavy atom. The van der Waals surface area contributed by atoms with Crippen LogP contribution in [0.3, 0.4) is 0 Å². The molecule has 5 nitrogen and oxygen atoms in total. The minimum absolute atomic E-state index is 0.0401. The van der Waals surface area contributed by atoms with Crippen LogP contribution in [-0.2, 0) is 9.53 Å². The average Bonchev–Trinajstić information content (AvgIpc) is 2.26. The third-order valence-electron chi connectivity index (χ3n) is 2.62. The molecule has 3 atom stereocenters. The van der Waals surface area contributed by atoms with Gasteiger partial charge in [0.15, 0.2) is 0 Å². The van der Waals surface area contributed by atoms with Gasteiger partial charge in [0.05, 0.1) is 12.1 Å². The summed E-state index contributed by atoms with van der Waals surface area (Å²) < 4.78 is 5.05. The fourth-order valence-corrected chi connectivity index (χ4v) is 1.42. The van der Waals surface area contributed by atoms with Crippen LogP contribution in [-0.4, -0.2) is 50.8 Å². The summed E-state index contributed by atoms with van der Waals surface area (Å²) in [5, 5.41) is 9.31. The van der Waals surface area contributed by atoms with Crippen LogP contribution in [0.1, 0.15) is 13.8 Å². The second-order valence-electron chi connectivity index (χ2n) is 4.06. The number of hydrogen-bond acceptors (Lipinski definition) is 4. The van der Waals surface area contributed by atoms with E-state index in [1.807, 2.05) is 6.92 Å². The molecule has 5 heteroatoms. The highest BCUT2D eigenvalue weighted by atomic mass is 16.5. The van der Waals surface area contributed by atoms with Crippen LogP contribution < -0.4 is 16.0 Å². The number of piperazine rings is 1. The molecule has 0 aliphatic carbocycles. The van der Waals surface area contributed by atoms with Crippen molar-refractivity contribution < 1.29 is 9.53 Å². The highest BCUT2D eigenvalue weighted by molar-refractivity contribution is 5.82. The van der Waals surface area contributed by atoms with Crippen molar-refractivity contribution in [2.45, 2.75) is 32.0 Å². The zero-order valence-electron chi connectivity index (χ0n) is 9.67. The Balaban J connectivity index is 2.22. The van der Waals surface area contributed by atoms with Crippen LogP contribution in [0.2, 0.25) is 0 Å². The summed E-state index contributed by atoms with van der Waals surface area (Å²) in [5.74, 6) is 0.0401. The lowest BCUT2D eigenvalue weighted by atomic mass is 10.1. The van der Waals surface area contributed by atoms with E-state index in [-0.39, 0.29) is 18.1 Å². The summed E-state index contributed by atoms with van der Waals surface area (Å²) >= 11 is 0. The second kappa shape index (κ2) is 6.05. The molecule has 3 N–H and O–H groups in total. The average molecular weight is 215 g/mol. The van der Waals surface area contributed by atoms with Crippen molar-refractivity contribution in [3.05, 3.63) is 0 Å². The van der Waals surface area contributed by atoms with E-state index >= 15 is 0 Å². The van der Waals surface area contributed by atoms with Gasteiger partial charge in [0.25, 0.3) is 0 Å². The van der Waals surface area contributed by atoms with Crippen molar-refractivity contribution in [1.82, 2.24) is 16.0 Å². The maximum absolute atomic E-state index is 11.7. The molecule has 1 saturated heterocycles. The summed E-state index contributed by atoms with van der Waals surface area (Å²) in [4.78, 5) is 11.7. The van der Waals surface area contributed by atoms with Gasteiger partial charge in [0, 0.05) is 32.8 Å². The Morgan fingerprint density at radius 3 is 2.80 bits per heavy atom. The molecular formula is C10H21N3O2. The van der Waals surface area contributed by atoms with Gasteiger partial charge in [-0.2, -0.15) is 0 Å². The third-order valence-corrected chi connectivity index (χ3v) is 2.62. The topological polar surface area (TPSA) is 62.4 Å². The molecule has 1 aliphatic heterocycles. The molecule has 3 unspecified atom stereocenters. The van der Waals surface area contributed by atoms with Gasteiger partial charge in [-0.05, 0) is 13.8 Å². The lowest BCUT2D eigenvalue weighted by molar-refractivity contribution is -0.123. The first-order valence-electron chi connectivity index (χ1n) is 5.40. The van der Waals surface area contributed by atoms with Crippen molar-refractivity contribution >= 4 is 5.91 Å². The normalized spacial score (nSPS) is 28.5. The first-order chi connectivity index (χ1) is 7.13. The van der Waals surface area contributed by atoms with Gasteiger partial charge < -0.3 is 20.7 Å². The van der Waals surface area contributed by atoms with Gasteiger partial charge in [-0.15, -0.1) is 0 Å². The molecule has 0 saturated carbocycles. The summed E-state index contributed by atoms with van der Waals surface area (Å²) in [7, 11) is 1.64. The number of rotatable bonds is 4. The van der Waals surface area contributed by atoms with Crippen LogP contribution in [0.15, 0.2) is 0 Å². The van der Waals surface area contributed by atoms with E-state index in [1.54, 1.807) is 7.11 Å². The summed E-state index contributed by atoms with van der Waals surface area (Å²) in [5.41, 5.74) is 0. The third kappa shape index (κ3) is 4.15. The number of amides is 1. The van der Waals surface area contributed by atoms with Crippen LogP contribution >= 0.6 is 0 Å². The Labute approximate surface area is 90.9 Å². The molecule has 0 aromatic heterocycles. The van der Waals surface area contributed by atoms with Crippen molar-refractivity contribution in [3.8, 4) is 0 Å². The molecule has 0 aromatic carbocycles. The zero-order valence-corrected chi connectivity index (χ0v) is 9.67. The van der Waals surface area contributed by atoms with Crippen molar-refractivity contribution in [2.75, 3.05) is 26.7 Å². The van der Waals surface area contributed by atoms with E-state index in [1.165, 1.54) is 0 Å². The maximum Gasteiger partial charge on any atom is 0.238 e. The standard InChI is InChI=1S/C10H21N3O2/c1-7-4-12-9(6-11-7)10(14)13-5-8(2)15-3/h7-9,11-12H,4-6H2,1-3H3,(H,13,14). The highest BCUT2D eigenvalue weighted by Gasteiger charge is 2.22. The fraction of sp³-hybridized carbons (Fsp3) is 0.900. The summed E-state index contributed by atoms with van der Waals surface area (Å²) in [6.07, 6.45) is 0.0597. The van der Waals surface area contributed by atoms with Gasteiger partial charge in [0.2, 0.25) is 5.91 Å². The highest BCUT2D eigenvalue weighted by Crippen LogP contribution is 1.93. The number of carbonyl (C=O) groups is 1. The van der Waals surface area contributed by atoms with Crippen molar-refractivity contribution in [2.24, 2.45) is 0 Å². The smallest absolute Gasteiger partial charge is 0.238 e. The maximum atomic E-state index is 11.7. The van der Waals surface area contributed by atoms with E-state index in [2.05, 4.69) is 22.9 Å². The first kappa shape index (κ1) is 12.4. The fourth-order valence-electron chi connectivity index (χ4n) is 1.42. The van der Waals surface area contributed by atoms with E-state index in [0.29, 0.717) is 19.1 Å². The number of nitrogens with one attached hydrogen (secondary N) is 3. The van der Waals surface area contributed by atoms with Gasteiger partial charge >= 0.3 is 0 Å². The van der Waals surface area contributed by atoms with Crippen molar-refractivity contribution in [1.29, 1.82) is 0 Å². The number of methoxy groups -OCH3 is 1. The van der Waals surface area contributed by atoms with Crippen LogP contribution in [0.25, 0.3) is 0 Å². The monoisotopic (exact) mass is 215 g/mol. The molecule has 0 aromatic rings. The quantitative estimate of drug-likeness (QED) is 0.568. The summed E-state index contributed by atoms with van der Waals surface area (Å²) in [6.45, 7) is 6.10. The van der Waals surface area contributed by atoms with E-state index in [4.69, 9.17) is 4.74 Å². The molecule has 1 aliphatic rings. The molecule has 1 rings (SSSR count). The van der Waals surface area contributed by atoms with Crippen molar-refractivity contribution in [3.63, 3.8) is 0 Å². The predicted molar refractivity (Wildman–Crippen MR) is 58.7 cm³/mol. The number of hydrogen-bond donors (Lipinski definition) is 3. The molecule has 0 radical (unpaired) electrons. The Bertz CT molecular complexity index is 203. The Kier molecular flexibility index (Phi) is 5.01. The molecule has 1 amide bonds. The van der Waals surface area contributed by atoms with Crippen LogP contribution in [0.4, 0.5) is 0 Å². The minimum Gasteiger partial charge on any atom is -0.380 e. The van der Waals surface area contributed by atoms with Gasteiger partial charge in [-0.25, -0.2) is 0 Å². The SMILES string of the molecule is COC(C)CNC(=O)C1CNC(C)CN1. The van der Waals surface area contributed by atoms with E-state index in [0.717, 1.165) is 6.54 Å². The molecule has 0 spiro atoms. The predicted octanol–water partition coefficient (Wildman–Crippen LogP) is -0.913. The zero-order chi connectivity index (χ0) is 11.3. The molecule has 15 heavy (non-hydrogen) atoms. The van der Waals surface area contributed by atoms with Crippen LogP contribution in [0, 0.1) is 0 Å². The Morgan fingerprint density at radius 2 is 2.27 bits per heavy atom. The molecule has 88 valence electrons. The summed E-state index contributed by atoms with van der Waals surface area (Å²) in [6, 6.07) is 0.317. The minimum atomic E-state index is -0.120.